The number of para-hydroxylation sites is 1. The minimum atomic E-state index is -4.13. The number of hydrogen-bond acceptors (Lipinski definition) is 11. The average Bonchev–Trinajstić information content (AvgIpc) is 3.42. The van der Waals surface area contributed by atoms with E-state index in [1.807, 2.05) is 0 Å². The summed E-state index contributed by atoms with van der Waals surface area (Å²) in [6.45, 7) is 5.82. The molecular formula is C25H34FN6O7P. The van der Waals surface area contributed by atoms with Crippen LogP contribution in [0.4, 0.5) is 10.2 Å². The molecule has 1 aliphatic rings. The van der Waals surface area contributed by atoms with Gasteiger partial charge in [-0.1, -0.05) is 18.2 Å². The van der Waals surface area contributed by atoms with Crippen LogP contribution in [0.25, 0.3) is 11.2 Å². The highest BCUT2D eigenvalue weighted by atomic mass is 31.2. The number of imidazole rings is 1. The van der Waals surface area contributed by atoms with Crippen molar-refractivity contribution in [2.45, 2.75) is 70.4 Å². The van der Waals surface area contributed by atoms with Crippen molar-refractivity contribution in [3.05, 3.63) is 43.0 Å². The molecule has 3 aromatic rings. The topological polar surface area (TPSA) is 159 Å². The molecular weight excluding hydrogens is 546 g/mol. The second-order valence-electron chi connectivity index (χ2n) is 9.78. The predicted molar refractivity (Wildman–Crippen MR) is 143 cm³/mol. The molecule has 4 rings (SSSR count). The molecule has 3 N–H and O–H groups in total. The fourth-order valence-electron chi connectivity index (χ4n) is 4.28. The van der Waals surface area contributed by atoms with E-state index in [0.717, 1.165) is 0 Å². The van der Waals surface area contributed by atoms with Crippen LogP contribution in [0.2, 0.25) is 0 Å². The summed E-state index contributed by atoms with van der Waals surface area (Å²) in [7, 11) is -2.45. The Balaban J connectivity index is 1.47. The molecule has 13 nitrogen and oxygen atoms in total. The monoisotopic (exact) mass is 580 g/mol. The van der Waals surface area contributed by atoms with Gasteiger partial charge in [0.25, 0.3) is 0 Å². The van der Waals surface area contributed by atoms with Crippen molar-refractivity contribution >= 4 is 30.7 Å². The lowest BCUT2D eigenvalue weighted by atomic mass is 9.97. The van der Waals surface area contributed by atoms with Crippen LogP contribution in [0.1, 0.15) is 40.3 Å². The molecule has 40 heavy (non-hydrogen) atoms. The lowest BCUT2D eigenvalue weighted by Crippen LogP contribution is -2.40. The van der Waals surface area contributed by atoms with Crippen LogP contribution in [-0.2, 0) is 23.4 Å². The van der Waals surface area contributed by atoms with Gasteiger partial charge in [-0.3, -0.25) is 13.9 Å². The molecule has 1 fully saturated rings. The van der Waals surface area contributed by atoms with E-state index >= 15 is 4.39 Å². The van der Waals surface area contributed by atoms with Crippen LogP contribution in [0.15, 0.2) is 43.0 Å². The Bertz CT molecular complexity index is 1360. The summed E-state index contributed by atoms with van der Waals surface area (Å²) in [5, 5.41) is 16.3. The molecule has 0 bridgehead atoms. The first kappa shape index (κ1) is 29.8. The maximum Gasteiger partial charge on any atom is 0.459 e. The average molecular weight is 581 g/mol. The number of esters is 1. The lowest BCUT2D eigenvalue weighted by molar-refractivity contribution is -0.149. The molecule has 1 aromatic carbocycles. The minimum absolute atomic E-state index is 0.0464. The zero-order valence-electron chi connectivity index (χ0n) is 22.9. The Hall–Kier alpha value is -3.16. The number of anilines is 1. The Kier molecular flexibility index (Phi) is 9.06. The summed E-state index contributed by atoms with van der Waals surface area (Å²) in [5.41, 5.74) is -1.48. The second kappa shape index (κ2) is 12.1. The molecule has 0 saturated carbocycles. The van der Waals surface area contributed by atoms with E-state index in [4.69, 9.17) is 18.5 Å². The van der Waals surface area contributed by atoms with Gasteiger partial charge in [-0.25, -0.2) is 23.9 Å². The number of nitrogens with one attached hydrogen (secondary N) is 2. The van der Waals surface area contributed by atoms with E-state index in [2.05, 4.69) is 25.4 Å². The number of alkyl halides is 1. The third-order valence-electron chi connectivity index (χ3n) is 6.25. The highest BCUT2D eigenvalue weighted by Crippen LogP contribution is 2.47. The zero-order chi connectivity index (χ0) is 29.1. The normalized spacial score (nSPS) is 25.1. The number of carbonyl (C=O) groups excluding carboxylic acids is 1. The van der Waals surface area contributed by atoms with E-state index < -0.39 is 43.9 Å². The number of benzene rings is 1. The number of hydrogen-bond donors (Lipinski definition) is 3. The number of halogens is 1. The van der Waals surface area contributed by atoms with Gasteiger partial charge < -0.3 is 24.4 Å². The van der Waals surface area contributed by atoms with Crippen molar-refractivity contribution in [1.82, 2.24) is 24.6 Å². The maximum absolute atomic E-state index is 15.8. The lowest BCUT2D eigenvalue weighted by Gasteiger charge is -2.25. The first-order valence-corrected chi connectivity index (χ1v) is 14.3. The molecule has 6 atom stereocenters. The molecule has 1 unspecified atom stereocenters. The number of rotatable bonds is 12. The number of fused-ring (bicyclic) bond motifs is 1. The van der Waals surface area contributed by atoms with Crippen LogP contribution in [0, 0.1) is 0 Å². The first-order valence-electron chi connectivity index (χ1n) is 12.8. The van der Waals surface area contributed by atoms with Crippen LogP contribution in [0.5, 0.6) is 5.75 Å². The van der Waals surface area contributed by atoms with Gasteiger partial charge in [-0.05, 0) is 39.8 Å². The number of aliphatic hydroxyl groups is 1. The van der Waals surface area contributed by atoms with Crippen molar-refractivity contribution in [2.75, 3.05) is 19.0 Å². The zero-order valence-corrected chi connectivity index (χ0v) is 23.7. The van der Waals surface area contributed by atoms with Crippen molar-refractivity contribution in [1.29, 1.82) is 0 Å². The van der Waals surface area contributed by atoms with Gasteiger partial charge in [0.15, 0.2) is 23.4 Å². The summed E-state index contributed by atoms with van der Waals surface area (Å²) >= 11 is 0. The van der Waals surface area contributed by atoms with Gasteiger partial charge in [-0.2, -0.15) is 5.09 Å². The highest BCUT2D eigenvalue weighted by Gasteiger charge is 2.55. The highest BCUT2D eigenvalue weighted by molar-refractivity contribution is 7.52. The van der Waals surface area contributed by atoms with Gasteiger partial charge in [-0.15, -0.1) is 0 Å². The second-order valence-corrected chi connectivity index (χ2v) is 11.5. The SMILES string of the molecule is CNc1ncnc2c1ncn2[C@@H]1O[C@H](CCOP(=O)(N[C@@H](C)C(=O)OC(C)C)Oc2ccccc2)[C@@H](O)[C@@]1(C)F. The fourth-order valence-corrected chi connectivity index (χ4v) is 5.78. The standard InChI is InChI=1S/C25H34FN6O7P/c1-15(2)37-23(34)16(3)31-40(35,39-17-9-7-6-8-10-17)36-12-11-18-20(33)25(4,26)24(38-18)32-14-30-19-21(27-5)28-13-29-22(19)32/h6-10,13-16,18,20,24,33H,11-12H2,1-5H3,(H,31,35)(H,27,28,29)/t16-,18+,20+,24+,25+,40?/m0/s1. The Morgan fingerprint density at radius 3 is 2.65 bits per heavy atom. The van der Waals surface area contributed by atoms with Crippen LogP contribution in [-0.4, -0.2) is 74.3 Å². The maximum atomic E-state index is 15.8. The Morgan fingerprint density at radius 1 is 1.25 bits per heavy atom. The molecule has 0 amide bonds. The minimum Gasteiger partial charge on any atom is -0.462 e. The van der Waals surface area contributed by atoms with Crippen molar-refractivity contribution in [3.8, 4) is 5.75 Å². The van der Waals surface area contributed by atoms with Gasteiger partial charge in [0.05, 0.1) is 25.1 Å². The van der Waals surface area contributed by atoms with Crippen LogP contribution >= 0.6 is 7.75 Å². The number of carbonyl (C=O) groups is 1. The van der Waals surface area contributed by atoms with Gasteiger partial charge >= 0.3 is 13.7 Å². The van der Waals surface area contributed by atoms with E-state index in [9.17, 15) is 14.5 Å². The van der Waals surface area contributed by atoms with Crippen molar-refractivity contribution in [2.24, 2.45) is 0 Å². The first-order chi connectivity index (χ1) is 18.9. The third-order valence-corrected chi connectivity index (χ3v) is 7.93. The Labute approximate surface area is 231 Å². The van der Waals surface area contributed by atoms with Gasteiger partial charge in [0, 0.05) is 13.5 Å². The molecule has 1 aliphatic heterocycles. The Morgan fingerprint density at radius 2 is 1.98 bits per heavy atom. The molecule has 0 radical (unpaired) electrons. The molecule has 2 aromatic heterocycles. The third kappa shape index (κ3) is 6.42. The van der Waals surface area contributed by atoms with Crippen LogP contribution < -0.4 is 14.9 Å². The van der Waals surface area contributed by atoms with E-state index in [1.165, 1.54) is 31.1 Å². The smallest absolute Gasteiger partial charge is 0.459 e. The summed E-state index contributed by atoms with van der Waals surface area (Å²) < 4.78 is 53.2. The number of ether oxygens (including phenoxy) is 2. The van der Waals surface area contributed by atoms with E-state index in [1.54, 1.807) is 51.2 Å². The molecule has 0 spiro atoms. The van der Waals surface area contributed by atoms with Crippen LogP contribution in [0.3, 0.4) is 0 Å². The molecule has 218 valence electrons. The largest absolute Gasteiger partial charge is 0.462 e. The van der Waals surface area contributed by atoms with Crippen molar-refractivity contribution < 1.29 is 37.4 Å². The predicted octanol–water partition coefficient (Wildman–Crippen LogP) is 3.38. The number of aromatic nitrogens is 4. The summed E-state index contributed by atoms with van der Waals surface area (Å²) in [6.07, 6.45) is -1.57. The molecule has 0 aliphatic carbocycles. The molecule has 15 heteroatoms. The number of aliphatic hydroxyl groups excluding tert-OH is 1. The summed E-state index contributed by atoms with van der Waals surface area (Å²) in [6, 6.07) is 7.26. The number of nitrogens with zero attached hydrogens (tertiary/aromatic N) is 4. The van der Waals surface area contributed by atoms with Crippen molar-refractivity contribution in [3.63, 3.8) is 0 Å². The quantitative estimate of drug-likeness (QED) is 0.212. The van der Waals surface area contributed by atoms with Gasteiger partial charge in [0.1, 0.15) is 29.7 Å². The molecule has 3 heterocycles. The van der Waals surface area contributed by atoms with E-state index in [0.29, 0.717) is 17.0 Å². The fraction of sp³-hybridized carbons (Fsp3) is 0.520. The van der Waals surface area contributed by atoms with Gasteiger partial charge in [0.2, 0.25) is 0 Å². The van der Waals surface area contributed by atoms with E-state index in [-0.39, 0.29) is 24.9 Å². The molecule has 1 saturated heterocycles. The summed E-state index contributed by atoms with van der Waals surface area (Å²) in [4.78, 5) is 24.9. The summed E-state index contributed by atoms with van der Waals surface area (Å²) in [5.74, 6) is 0.0612.